The minimum atomic E-state index is -0.461. The van der Waals surface area contributed by atoms with Gasteiger partial charge in [0.2, 0.25) is 0 Å². The number of aryl methyl sites for hydroxylation is 2. The molecule has 142 valence electrons. The number of nitro benzene ring substituents is 1. The molecule has 0 aliphatic carbocycles. The number of thiazole rings is 1. The number of rotatable bonds is 5. The van der Waals surface area contributed by atoms with E-state index in [1.54, 1.807) is 24.3 Å². The molecule has 0 bridgehead atoms. The molecule has 3 rings (SSSR count). The summed E-state index contributed by atoms with van der Waals surface area (Å²) in [5.41, 5.74) is 4.03. The van der Waals surface area contributed by atoms with E-state index in [0.717, 1.165) is 21.3 Å². The van der Waals surface area contributed by atoms with Crippen molar-refractivity contribution in [2.24, 2.45) is 4.99 Å². The van der Waals surface area contributed by atoms with Crippen molar-refractivity contribution < 1.29 is 9.72 Å². The second-order valence-corrected chi connectivity index (χ2v) is 7.32. The Balaban J connectivity index is 1.95. The second-order valence-electron chi connectivity index (χ2n) is 6.35. The van der Waals surface area contributed by atoms with E-state index in [9.17, 15) is 14.9 Å². The fourth-order valence-electron chi connectivity index (χ4n) is 2.91. The van der Waals surface area contributed by atoms with Gasteiger partial charge in [-0.3, -0.25) is 14.9 Å². The Labute approximate surface area is 165 Å². The van der Waals surface area contributed by atoms with Gasteiger partial charge < -0.3 is 4.57 Å². The Morgan fingerprint density at radius 1 is 1.29 bits per heavy atom. The molecular formula is C21H19N3O3S. The molecule has 0 unspecified atom stereocenters. The van der Waals surface area contributed by atoms with Crippen LogP contribution in [0, 0.1) is 24.0 Å². The van der Waals surface area contributed by atoms with Crippen molar-refractivity contribution in [3.63, 3.8) is 0 Å². The smallest absolute Gasteiger partial charge is 0.272 e. The summed E-state index contributed by atoms with van der Waals surface area (Å²) in [6, 6.07) is 10.2. The van der Waals surface area contributed by atoms with Gasteiger partial charge in [-0.25, -0.2) is 0 Å². The lowest BCUT2D eigenvalue weighted by molar-refractivity contribution is -0.384. The number of aromatic nitrogens is 1. The number of allylic oxidation sites excluding steroid dienone is 1. The van der Waals surface area contributed by atoms with Crippen LogP contribution in [0.5, 0.6) is 0 Å². The molecule has 1 amide bonds. The number of nitro groups is 1. The highest BCUT2D eigenvalue weighted by molar-refractivity contribution is 7.16. The minimum Gasteiger partial charge on any atom is -0.312 e. The molecule has 0 radical (unpaired) electrons. The maximum absolute atomic E-state index is 12.4. The lowest BCUT2D eigenvalue weighted by atomic mass is 10.1. The van der Waals surface area contributed by atoms with Gasteiger partial charge in [0.1, 0.15) is 0 Å². The van der Waals surface area contributed by atoms with Crippen LogP contribution in [0.4, 0.5) is 5.69 Å². The maximum Gasteiger partial charge on any atom is 0.272 e. The van der Waals surface area contributed by atoms with Crippen molar-refractivity contribution in [2.75, 3.05) is 0 Å². The van der Waals surface area contributed by atoms with Crippen molar-refractivity contribution in [1.82, 2.24) is 4.57 Å². The zero-order valence-corrected chi connectivity index (χ0v) is 16.4. The molecule has 0 fully saturated rings. The SMILES string of the molecule is C=CCn1c(=NC(=O)/C=C\c2ccc([N+](=O)[O-])cc2)sc2c(C)cc(C)cc21. The molecule has 1 aromatic heterocycles. The molecule has 0 aliphatic rings. The number of hydrogen-bond acceptors (Lipinski definition) is 4. The molecule has 6 nitrogen and oxygen atoms in total. The number of hydrogen-bond donors (Lipinski definition) is 0. The first-order valence-corrected chi connectivity index (χ1v) is 9.43. The number of non-ortho nitro benzene ring substituents is 1. The van der Waals surface area contributed by atoms with Crippen LogP contribution in [0.15, 0.2) is 60.1 Å². The fourth-order valence-corrected chi connectivity index (χ4v) is 4.00. The summed E-state index contributed by atoms with van der Waals surface area (Å²) < 4.78 is 3.07. The van der Waals surface area contributed by atoms with Gasteiger partial charge in [-0.05, 0) is 54.8 Å². The average Bonchev–Trinajstić information content (AvgIpc) is 2.98. The van der Waals surface area contributed by atoms with E-state index in [-0.39, 0.29) is 5.69 Å². The van der Waals surface area contributed by atoms with E-state index in [1.165, 1.54) is 29.5 Å². The maximum atomic E-state index is 12.4. The lowest BCUT2D eigenvalue weighted by Gasteiger charge is -2.03. The van der Waals surface area contributed by atoms with Crippen molar-refractivity contribution in [2.45, 2.75) is 20.4 Å². The van der Waals surface area contributed by atoms with Crippen molar-refractivity contribution in [3.8, 4) is 0 Å². The first kappa shape index (κ1) is 19.4. The van der Waals surface area contributed by atoms with Crippen molar-refractivity contribution in [1.29, 1.82) is 0 Å². The Bertz CT molecular complexity index is 1170. The first-order chi connectivity index (χ1) is 13.4. The Morgan fingerprint density at radius 3 is 2.64 bits per heavy atom. The summed E-state index contributed by atoms with van der Waals surface area (Å²) in [4.78, 5) is 27.4. The third-order valence-corrected chi connectivity index (χ3v) is 5.38. The predicted molar refractivity (Wildman–Crippen MR) is 112 cm³/mol. The third-order valence-electron chi connectivity index (χ3n) is 4.15. The monoisotopic (exact) mass is 393 g/mol. The number of nitrogens with zero attached hydrogens (tertiary/aromatic N) is 3. The third kappa shape index (κ3) is 4.15. The van der Waals surface area contributed by atoms with Crippen LogP contribution in [0.1, 0.15) is 16.7 Å². The summed E-state index contributed by atoms with van der Waals surface area (Å²) >= 11 is 1.47. The molecular weight excluding hydrogens is 374 g/mol. The summed E-state index contributed by atoms with van der Waals surface area (Å²) in [5, 5.41) is 10.7. The average molecular weight is 393 g/mol. The van der Waals surface area contributed by atoms with E-state index >= 15 is 0 Å². The summed E-state index contributed by atoms with van der Waals surface area (Å²) in [6.07, 6.45) is 4.73. The Kier molecular flexibility index (Phi) is 5.65. The normalized spacial score (nSPS) is 12.0. The second kappa shape index (κ2) is 8.14. The van der Waals surface area contributed by atoms with Crippen molar-refractivity contribution >= 4 is 39.2 Å². The van der Waals surface area contributed by atoms with E-state index in [4.69, 9.17) is 0 Å². The van der Waals surface area contributed by atoms with E-state index in [0.29, 0.717) is 16.9 Å². The number of carbonyl (C=O) groups excluding carboxylic acids is 1. The summed E-state index contributed by atoms with van der Waals surface area (Å²) in [6.45, 7) is 8.44. The van der Waals surface area contributed by atoms with Crippen molar-refractivity contribution in [3.05, 3.63) is 86.7 Å². The minimum absolute atomic E-state index is 0.00886. The zero-order valence-electron chi connectivity index (χ0n) is 15.6. The van der Waals surface area contributed by atoms with Crippen LogP contribution in [0.2, 0.25) is 0 Å². The van der Waals surface area contributed by atoms with E-state index < -0.39 is 10.8 Å². The Morgan fingerprint density at radius 2 is 2.00 bits per heavy atom. The van der Waals surface area contributed by atoms with Gasteiger partial charge in [0.15, 0.2) is 4.80 Å². The van der Waals surface area contributed by atoms with Crippen LogP contribution in [0.25, 0.3) is 16.3 Å². The molecule has 3 aromatic rings. The molecule has 0 atom stereocenters. The van der Waals surface area contributed by atoms with Gasteiger partial charge in [0, 0.05) is 24.8 Å². The number of fused-ring (bicyclic) bond motifs is 1. The van der Waals surface area contributed by atoms with Crippen LogP contribution < -0.4 is 4.80 Å². The molecule has 0 aliphatic heterocycles. The standard InChI is InChI=1S/C21H19N3O3S/c1-4-11-23-18-13-14(2)12-15(3)20(18)28-21(23)22-19(25)10-7-16-5-8-17(9-6-16)24(26)27/h4-10,12-13H,1,11H2,2-3H3/b10-7-,22-21?. The van der Waals surface area contributed by atoms with Gasteiger partial charge >= 0.3 is 0 Å². The highest BCUT2D eigenvalue weighted by Crippen LogP contribution is 2.23. The van der Waals surface area contributed by atoms with Gasteiger partial charge in [0.05, 0.1) is 15.1 Å². The summed E-state index contributed by atoms with van der Waals surface area (Å²) in [5.74, 6) is -0.392. The fraction of sp³-hybridized carbons (Fsp3) is 0.143. The topological polar surface area (TPSA) is 77.5 Å². The quantitative estimate of drug-likeness (QED) is 0.276. The summed E-state index contributed by atoms with van der Waals surface area (Å²) in [7, 11) is 0. The van der Waals surface area contributed by atoms with Crippen LogP contribution in [0.3, 0.4) is 0 Å². The highest BCUT2D eigenvalue weighted by atomic mass is 32.1. The molecule has 1 heterocycles. The Hall–Kier alpha value is -3.32. The van der Waals surface area contributed by atoms with Gasteiger partial charge in [-0.15, -0.1) is 6.58 Å². The lowest BCUT2D eigenvalue weighted by Crippen LogP contribution is -2.15. The van der Waals surface area contributed by atoms with Crippen LogP contribution in [-0.4, -0.2) is 15.4 Å². The molecule has 7 heteroatoms. The predicted octanol–water partition coefficient (Wildman–Crippen LogP) is 4.55. The van der Waals surface area contributed by atoms with E-state index in [1.807, 2.05) is 18.4 Å². The van der Waals surface area contributed by atoms with Gasteiger partial charge in [0.25, 0.3) is 11.6 Å². The molecule has 28 heavy (non-hydrogen) atoms. The first-order valence-electron chi connectivity index (χ1n) is 8.62. The molecule has 0 saturated carbocycles. The molecule has 2 aromatic carbocycles. The van der Waals surface area contributed by atoms with Gasteiger partial charge in [-0.1, -0.05) is 23.5 Å². The van der Waals surface area contributed by atoms with Gasteiger partial charge in [-0.2, -0.15) is 4.99 Å². The molecule has 0 N–H and O–H groups in total. The van der Waals surface area contributed by atoms with Crippen LogP contribution in [-0.2, 0) is 11.3 Å². The van der Waals surface area contributed by atoms with Crippen LogP contribution >= 0.6 is 11.3 Å². The largest absolute Gasteiger partial charge is 0.312 e. The molecule has 0 spiro atoms. The molecule has 0 saturated heterocycles. The number of amides is 1. The van der Waals surface area contributed by atoms with E-state index in [2.05, 4.69) is 23.7 Å². The highest BCUT2D eigenvalue weighted by Gasteiger charge is 2.09. The number of carbonyl (C=O) groups is 1. The zero-order chi connectivity index (χ0) is 20.3. The number of benzene rings is 2.